The third-order valence-corrected chi connectivity index (χ3v) is 3.20. The van der Waals surface area contributed by atoms with E-state index in [2.05, 4.69) is 22.0 Å². The van der Waals surface area contributed by atoms with Crippen molar-refractivity contribution in [1.29, 1.82) is 0 Å². The molecular weight excluding hydrogens is 288 g/mol. The first-order valence-corrected chi connectivity index (χ1v) is 7.24. The van der Waals surface area contributed by atoms with Gasteiger partial charge in [-0.3, -0.25) is 0 Å². The van der Waals surface area contributed by atoms with E-state index in [0.717, 1.165) is 24.5 Å². The third-order valence-electron chi connectivity index (χ3n) is 3.20. The highest BCUT2D eigenvalue weighted by molar-refractivity contribution is 6.27. The van der Waals surface area contributed by atoms with E-state index in [1.165, 1.54) is 19.3 Å². The Morgan fingerprint density at radius 3 is 2.18 bits per heavy atom. The van der Waals surface area contributed by atoms with E-state index in [1.807, 2.05) is 6.20 Å². The summed E-state index contributed by atoms with van der Waals surface area (Å²) >= 11 is 0. The van der Waals surface area contributed by atoms with Crippen LogP contribution in [0.15, 0.2) is 18.3 Å². The number of aromatic nitrogens is 1. The fourth-order valence-corrected chi connectivity index (χ4v) is 2.19. The van der Waals surface area contributed by atoms with Crippen LogP contribution in [0.5, 0.6) is 0 Å². The van der Waals surface area contributed by atoms with Crippen molar-refractivity contribution < 1.29 is 24.9 Å². The summed E-state index contributed by atoms with van der Waals surface area (Å²) in [5, 5.41) is 24.1. The summed E-state index contributed by atoms with van der Waals surface area (Å²) in [6.07, 6.45) is 6.18. The Hall–Kier alpha value is -2.15. The highest BCUT2D eigenvalue weighted by Crippen LogP contribution is 2.17. The van der Waals surface area contributed by atoms with Crippen molar-refractivity contribution in [3.63, 3.8) is 0 Å². The van der Waals surface area contributed by atoms with Crippen LogP contribution in [0.4, 0.5) is 5.82 Å². The number of nitrogens with zero attached hydrogens (tertiary/aromatic N) is 2. The van der Waals surface area contributed by atoms with Crippen molar-refractivity contribution in [2.75, 3.05) is 18.0 Å². The third kappa shape index (κ3) is 6.53. The minimum atomic E-state index is -1.82. The molecule has 0 aliphatic carbocycles. The monoisotopic (exact) mass is 310 g/mol. The molecule has 0 radical (unpaired) electrons. The van der Waals surface area contributed by atoms with Crippen LogP contribution >= 0.6 is 0 Å². The number of aliphatic hydroxyl groups is 1. The summed E-state index contributed by atoms with van der Waals surface area (Å²) in [7, 11) is 0. The topological polar surface area (TPSA) is 111 Å². The van der Waals surface area contributed by atoms with Crippen molar-refractivity contribution in [2.24, 2.45) is 0 Å². The molecule has 2 rings (SSSR count). The zero-order chi connectivity index (χ0) is 16.5. The number of carboxylic acids is 2. The number of pyridine rings is 1. The number of anilines is 1. The summed E-state index contributed by atoms with van der Waals surface area (Å²) in [6.45, 7) is 4.06. The lowest BCUT2D eigenvalue weighted by Gasteiger charge is -2.27. The van der Waals surface area contributed by atoms with Gasteiger partial charge in [0.1, 0.15) is 5.82 Å². The van der Waals surface area contributed by atoms with Crippen LogP contribution in [0.3, 0.4) is 0 Å². The highest BCUT2D eigenvalue weighted by atomic mass is 16.4. The van der Waals surface area contributed by atoms with E-state index in [1.54, 1.807) is 6.92 Å². The lowest BCUT2D eigenvalue weighted by molar-refractivity contribution is -0.159. The largest absolute Gasteiger partial charge is 0.473 e. The number of aliphatic carboxylic acids is 2. The van der Waals surface area contributed by atoms with E-state index in [-0.39, 0.29) is 6.10 Å². The minimum absolute atomic E-state index is 0.289. The van der Waals surface area contributed by atoms with E-state index in [4.69, 9.17) is 19.8 Å². The molecule has 0 amide bonds. The SMILES string of the molecule is C[C@H](O)Cc1ccc(N2CCCCC2)nc1.O=C(O)C(=O)O. The molecule has 1 aliphatic rings. The number of aliphatic hydroxyl groups excluding tert-OH is 1. The maximum absolute atomic E-state index is 9.29. The van der Waals surface area contributed by atoms with Crippen molar-refractivity contribution >= 4 is 17.8 Å². The lowest BCUT2D eigenvalue weighted by Crippen LogP contribution is -2.30. The summed E-state index contributed by atoms with van der Waals surface area (Å²) < 4.78 is 0. The zero-order valence-electron chi connectivity index (χ0n) is 12.6. The van der Waals surface area contributed by atoms with E-state index >= 15 is 0 Å². The Labute approximate surface area is 129 Å². The van der Waals surface area contributed by atoms with Gasteiger partial charge in [0.25, 0.3) is 0 Å². The number of piperidine rings is 1. The van der Waals surface area contributed by atoms with Gasteiger partial charge in [0.2, 0.25) is 0 Å². The zero-order valence-corrected chi connectivity index (χ0v) is 12.6. The van der Waals surface area contributed by atoms with Crippen molar-refractivity contribution in [3.8, 4) is 0 Å². The number of hydrogen-bond acceptors (Lipinski definition) is 5. The molecule has 7 nitrogen and oxygen atoms in total. The van der Waals surface area contributed by atoms with E-state index in [9.17, 15) is 5.11 Å². The van der Waals surface area contributed by atoms with Crippen LogP contribution in [0.25, 0.3) is 0 Å². The molecule has 1 aliphatic heterocycles. The summed E-state index contributed by atoms with van der Waals surface area (Å²) in [4.78, 5) is 25.0. The fraction of sp³-hybridized carbons (Fsp3) is 0.533. The van der Waals surface area contributed by atoms with Gasteiger partial charge in [-0.05, 0) is 44.2 Å². The van der Waals surface area contributed by atoms with Crippen molar-refractivity contribution in [1.82, 2.24) is 4.98 Å². The first-order valence-electron chi connectivity index (χ1n) is 7.24. The quantitative estimate of drug-likeness (QED) is 0.718. The number of carboxylic acid groups (broad SMARTS) is 2. The van der Waals surface area contributed by atoms with Gasteiger partial charge < -0.3 is 20.2 Å². The van der Waals surface area contributed by atoms with Crippen LogP contribution in [0.1, 0.15) is 31.7 Å². The average molecular weight is 310 g/mol. The molecule has 1 atom stereocenters. The second-order valence-electron chi connectivity index (χ2n) is 5.24. The second kappa shape index (κ2) is 8.99. The van der Waals surface area contributed by atoms with Gasteiger partial charge in [-0.15, -0.1) is 0 Å². The van der Waals surface area contributed by atoms with Crippen LogP contribution in [-0.4, -0.2) is 51.4 Å². The molecule has 1 aromatic heterocycles. The van der Waals surface area contributed by atoms with Crippen LogP contribution < -0.4 is 4.90 Å². The Morgan fingerprint density at radius 1 is 1.18 bits per heavy atom. The standard InChI is InChI=1S/C13H20N2O.C2H2O4/c1-11(16)9-12-5-6-13(14-10-12)15-7-3-2-4-8-15;3-1(4)2(5)6/h5-6,10-11,16H,2-4,7-9H2,1H3;(H,3,4)(H,5,6)/t11-;/m0./s1. The van der Waals surface area contributed by atoms with Gasteiger partial charge in [-0.25, -0.2) is 14.6 Å². The van der Waals surface area contributed by atoms with Gasteiger partial charge in [-0.1, -0.05) is 6.07 Å². The van der Waals surface area contributed by atoms with Gasteiger partial charge >= 0.3 is 11.9 Å². The normalized spacial score (nSPS) is 15.5. The number of hydrogen-bond donors (Lipinski definition) is 3. The van der Waals surface area contributed by atoms with E-state index in [0.29, 0.717) is 6.42 Å². The average Bonchev–Trinajstić information content (AvgIpc) is 2.49. The Kier molecular flexibility index (Phi) is 7.31. The molecule has 1 aromatic rings. The molecule has 0 saturated carbocycles. The Morgan fingerprint density at radius 2 is 1.77 bits per heavy atom. The molecule has 2 heterocycles. The molecule has 0 bridgehead atoms. The smallest absolute Gasteiger partial charge is 0.414 e. The molecule has 122 valence electrons. The fourth-order valence-electron chi connectivity index (χ4n) is 2.19. The predicted molar refractivity (Wildman–Crippen MR) is 81.0 cm³/mol. The second-order valence-corrected chi connectivity index (χ2v) is 5.24. The highest BCUT2D eigenvalue weighted by Gasteiger charge is 2.11. The maximum Gasteiger partial charge on any atom is 0.414 e. The van der Waals surface area contributed by atoms with Gasteiger partial charge in [0.05, 0.1) is 6.10 Å². The Balaban J connectivity index is 0.000000346. The molecule has 0 aromatic carbocycles. The Bertz CT molecular complexity index is 469. The van der Waals surface area contributed by atoms with Crippen LogP contribution in [0.2, 0.25) is 0 Å². The molecule has 3 N–H and O–H groups in total. The summed E-state index contributed by atoms with van der Waals surface area (Å²) in [5.74, 6) is -2.57. The molecule has 0 unspecified atom stereocenters. The number of carbonyl (C=O) groups is 2. The lowest BCUT2D eigenvalue weighted by atomic mass is 10.1. The maximum atomic E-state index is 9.29. The molecular formula is C15H22N2O5. The molecule has 1 fully saturated rings. The van der Waals surface area contributed by atoms with Crippen LogP contribution in [-0.2, 0) is 16.0 Å². The minimum Gasteiger partial charge on any atom is -0.473 e. The molecule has 22 heavy (non-hydrogen) atoms. The first kappa shape index (κ1) is 17.9. The van der Waals surface area contributed by atoms with Gasteiger partial charge in [0, 0.05) is 19.3 Å². The van der Waals surface area contributed by atoms with Gasteiger partial charge in [0.15, 0.2) is 0 Å². The van der Waals surface area contributed by atoms with E-state index < -0.39 is 11.9 Å². The number of rotatable bonds is 3. The molecule has 7 heteroatoms. The molecule has 0 spiro atoms. The predicted octanol–water partition coefficient (Wildman–Crippen LogP) is 1.15. The summed E-state index contributed by atoms with van der Waals surface area (Å²) in [5.41, 5.74) is 1.11. The van der Waals surface area contributed by atoms with Gasteiger partial charge in [-0.2, -0.15) is 0 Å². The summed E-state index contributed by atoms with van der Waals surface area (Å²) in [6, 6.07) is 4.15. The van der Waals surface area contributed by atoms with Crippen molar-refractivity contribution in [2.45, 2.75) is 38.7 Å². The van der Waals surface area contributed by atoms with Crippen molar-refractivity contribution in [3.05, 3.63) is 23.9 Å². The molecule has 1 saturated heterocycles. The van der Waals surface area contributed by atoms with Crippen LogP contribution in [0, 0.1) is 0 Å². The first-order chi connectivity index (χ1) is 10.4.